The second-order valence-electron chi connectivity index (χ2n) is 4.16. The Bertz CT molecular complexity index is 417. The molecule has 0 N–H and O–H groups in total. The van der Waals surface area contributed by atoms with E-state index in [0.29, 0.717) is 11.8 Å². The molecule has 2 atom stereocenters. The van der Waals surface area contributed by atoms with Crippen molar-refractivity contribution in [3.8, 4) is 0 Å². The minimum Gasteiger partial charge on any atom is -0.281 e. The second kappa shape index (κ2) is 3.65. The highest BCUT2D eigenvalue weighted by molar-refractivity contribution is 5.72. The fourth-order valence-electron chi connectivity index (χ4n) is 2.57. The van der Waals surface area contributed by atoms with Crippen LogP contribution in [0.2, 0.25) is 0 Å². The number of dihydropyridines is 1. The van der Waals surface area contributed by atoms with E-state index in [4.69, 9.17) is 0 Å². The smallest absolute Gasteiger partial charge is 0.124 e. The number of fused-ring (bicyclic) bond motifs is 1. The molecule has 0 bridgehead atoms. The SMILES string of the molecule is [C]1N=CC=CC1C1CCc2ccccc21. The Morgan fingerprint density at radius 3 is 3.07 bits per heavy atom. The Morgan fingerprint density at radius 1 is 1.27 bits per heavy atom. The molecule has 0 saturated carbocycles. The number of aryl methyl sites for hydroxylation is 1. The zero-order valence-corrected chi connectivity index (χ0v) is 8.56. The number of rotatable bonds is 1. The molecule has 1 heterocycles. The lowest BCUT2D eigenvalue weighted by molar-refractivity contribution is 0.553. The van der Waals surface area contributed by atoms with Crippen molar-refractivity contribution in [1.29, 1.82) is 0 Å². The van der Waals surface area contributed by atoms with Crippen LogP contribution in [0.3, 0.4) is 0 Å². The summed E-state index contributed by atoms with van der Waals surface area (Å²) < 4.78 is 0. The molecule has 1 heteroatoms. The maximum absolute atomic E-state index is 4.11. The molecule has 1 aliphatic heterocycles. The van der Waals surface area contributed by atoms with Gasteiger partial charge in [0.25, 0.3) is 0 Å². The lowest BCUT2D eigenvalue weighted by Crippen LogP contribution is -2.10. The van der Waals surface area contributed by atoms with Crippen LogP contribution in [0, 0.1) is 12.5 Å². The summed E-state index contributed by atoms with van der Waals surface area (Å²) in [6, 6.07) is 8.75. The van der Waals surface area contributed by atoms with Gasteiger partial charge in [0.15, 0.2) is 0 Å². The van der Waals surface area contributed by atoms with Crippen molar-refractivity contribution in [2.45, 2.75) is 18.8 Å². The molecule has 2 unspecified atom stereocenters. The molecular formula is C14H13N. The Labute approximate surface area is 90.5 Å². The van der Waals surface area contributed by atoms with Crippen LogP contribution in [-0.4, -0.2) is 6.21 Å². The summed E-state index contributed by atoms with van der Waals surface area (Å²) in [7, 11) is 0. The zero-order valence-electron chi connectivity index (χ0n) is 8.56. The van der Waals surface area contributed by atoms with Crippen LogP contribution in [0.25, 0.3) is 0 Å². The molecule has 1 aliphatic carbocycles. The minimum atomic E-state index is 0.374. The molecule has 2 radical (unpaired) electrons. The van der Waals surface area contributed by atoms with E-state index in [2.05, 4.69) is 41.9 Å². The number of benzene rings is 1. The average Bonchev–Trinajstić information content (AvgIpc) is 2.74. The Balaban J connectivity index is 1.90. The maximum Gasteiger partial charge on any atom is 0.124 e. The van der Waals surface area contributed by atoms with Crippen LogP contribution < -0.4 is 0 Å². The first kappa shape index (κ1) is 8.90. The molecule has 3 rings (SSSR count). The van der Waals surface area contributed by atoms with Gasteiger partial charge in [-0.25, -0.2) is 0 Å². The first-order chi connectivity index (χ1) is 7.45. The number of hydrogen-bond donors (Lipinski definition) is 0. The van der Waals surface area contributed by atoms with Crippen molar-refractivity contribution in [2.75, 3.05) is 0 Å². The molecule has 74 valence electrons. The lowest BCUT2D eigenvalue weighted by Gasteiger charge is -2.19. The predicted molar refractivity (Wildman–Crippen MR) is 61.9 cm³/mol. The van der Waals surface area contributed by atoms with E-state index in [-0.39, 0.29) is 0 Å². The third kappa shape index (κ3) is 1.52. The van der Waals surface area contributed by atoms with Crippen molar-refractivity contribution >= 4 is 6.21 Å². The lowest BCUT2D eigenvalue weighted by atomic mass is 9.86. The van der Waals surface area contributed by atoms with Gasteiger partial charge in [-0.1, -0.05) is 30.3 Å². The summed E-state index contributed by atoms with van der Waals surface area (Å²) >= 11 is 0. The first-order valence-corrected chi connectivity index (χ1v) is 5.48. The van der Waals surface area contributed by atoms with Crippen molar-refractivity contribution in [3.63, 3.8) is 0 Å². The Morgan fingerprint density at radius 2 is 2.20 bits per heavy atom. The number of nitrogens with zero attached hydrogens (tertiary/aromatic N) is 1. The van der Waals surface area contributed by atoms with Crippen molar-refractivity contribution < 1.29 is 0 Å². The number of hydrogen-bond acceptors (Lipinski definition) is 1. The molecule has 2 aliphatic rings. The number of aliphatic imine (C=N–C) groups is 1. The van der Waals surface area contributed by atoms with E-state index < -0.39 is 0 Å². The maximum atomic E-state index is 4.11. The fraction of sp³-hybridized carbons (Fsp3) is 0.286. The second-order valence-corrected chi connectivity index (χ2v) is 4.16. The Hall–Kier alpha value is -1.37. The van der Waals surface area contributed by atoms with Crippen molar-refractivity contribution in [2.24, 2.45) is 10.9 Å². The molecule has 0 saturated heterocycles. The van der Waals surface area contributed by atoms with Gasteiger partial charge in [0.05, 0.1) is 0 Å². The van der Waals surface area contributed by atoms with Crippen LogP contribution in [-0.2, 0) is 6.42 Å². The van der Waals surface area contributed by atoms with Crippen LogP contribution in [0.15, 0.2) is 41.4 Å². The van der Waals surface area contributed by atoms with Gasteiger partial charge in [-0.15, -0.1) is 0 Å². The van der Waals surface area contributed by atoms with E-state index in [9.17, 15) is 0 Å². The van der Waals surface area contributed by atoms with Crippen molar-refractivity contribution in [1.82, 2.24) is 0 Å². The van der Waals surface area contributed by atoms with Gasteiger partial charge in [-0.05, 0) is 36.0 Å². The fourth-order valence-corrected chi connectivity index (χ4v) is 2.57. The minimum absolute atomic E-state index is 0.374. The van der Waals surface area contributed by atoms with Crippen LogP contribution in [0.4, 0.5) is 0 Å². The van der Waals surface area contributed by atoms with E-state index >= 15 is 0 Å². The van der Waals surface area contributed by atoms with Gasteiger partial charge >= 0.3 is 0 Å². The molecule has 0 spiro atoms. The summed E-state index contributed by atoms with van der Waals surface area (Å²) in [6.07, 6.45) is 8.48. The van der Waals surface area contributed by atoms with Gasteiger partial charge in [0.1, 0.15) is 6.54 Å². The molecule has 0 amide bonds. The molecule has 1 nitrogen and oxygen atoms in total. The van der Waals surface area contributed by atoms with E-state index in [1.165, 1.54) is 24.0 Å². The zero-order chi connectivity index (χ0) is 10.1. The quantitative estimate of drug-likeness (QED) is 0.653. The van der Waals surface area contributed by atoms with Crippen LogP contribution >= 0.6 is 0 Å². The van der Waals surface area contributed by atoms with Gasteiger partial charge in [0.2, 0.25) is 0 Å². The highest BCUT2D eigenvalue weighted by atomic mass is 14.7. The van der Waals surface area contributed by atoms with Gasteiger partial charge < -0.3 is 0 Å². The topological polar surface area (TPSA) is 12.4 Å². The summed E-state index contributed by atoms with van der Waals surface area (Å²) in [5, 5.41) is 0. The van der Waals surface area contributed by atoms with Crippen molar-refractivity contribution in [3.05, 3.63) is 54.1 Å². The highest BCUT2D eigenvalue weighted by Gasteiger charge is 2.28. The largest absolute Gasteiger partial charge is 0.281 e. The van der Waals surface area contributed by atoms with Gasteiger partial charge in [0, 0.05) is 12.1 Å². The summed E-state index contributed by atoms with van der Waals surface area (Å²) in [6.45, 7) is 3.18. The summed E-state index contributed by atoms with van der Waals surface area (Å²) in [5.41, 5.74) is 3.00. The third-order valence-electron chi connectivity index (χ3n) is 3.32. The number of allylic oxidation sites excluding steroid dienone is 1. The molecule has 1 aromatic carbocycles. The van der Waals surface area contributed by atoms with E-state index in [1.807, 2.05) is 6.08 Å². The monoisotopic (exact) mass is 195 g/mol. The first-order valence-electron chi connectivity index (χ1n) is 5.48. The molecule has 0 aromatic heterocycles. The molecule has 1 aromatic rings. The molecule has 0 fully saturated rings. The average molecular weight is 195 g/mol. The normalized spacial score (nSPS) is 28.0. The summed E-state index contributed by atoms with van der Waals surface area (Å²) in [5.74, 6) is 0.966. The highest BCUT2D eigenvalue weighted by Crippen LogP contribution is 2.40. The molecule has 15 heavy (non-hydrogen) atoms. The van der Waals surface area contributed by atoms with E-state index in [0.717, 1.165) is 0 Å². The standard InChI is InChI=1S/C14H13N/c1-2-6-13-11(4-1)7-8-14(13)12-5-3-9-15-10-12/h1-6,9,12,14H,7-8H2. The molecular weight excluding hydrogens is 182 g/mol. The van der Waals surface area contributed by atoms with Crippen LogP contribution in [0.1, 0.15) is 23.5 Å². The van der Waals surface area contributed by atoms with Gasteiger partial charge in [-0.2, -0.15) is 0 Å². The predicted octanol–water partition coefficient (Wildman–Crippen LogP) is 3.01. The van der Waals surface area contributed by atoms with Crippen LogP contribution in [0.5, 0.6) is 0 Å². The van der Waals surface area contributed by atoms with Gasteiger partial charge in [-0.3, -0.25) is 4.99 Å². The Kier molecular flexibility index (Phi) is 2.17. The third-order valence-corrected chi connectivity index (χ3v) is 3.32. The summed E-state index contributed by atoms with van der Waals surface area (Å²) in [4.78, 5) is 4.11. The van der Waals surface area contributed by atoms with E-state index in [1.54, 1.807) is 6.21 Å².